The molecule has 0 unspecified atom stereocenters. The van der Waals surface area contributed by atoms with Crippen molar-refractivity contribution < 1.29 is 14.3 Å². The van der Waals surface area contributed by atoms with Gasteiger partial charge in [-0.05, 0) is 32.0 Å². The first kappa shape index (κ1) is 15.9. The molecule has 0 saturated heterocycles. The fraction of sp³-hybridized carbons (Fsp3) is 0.375. The molecule has 6 heteroatoms. The molecule has 1 N–H and O–H groups in total. The van der Waals surface area contributed by atoms with Crippen LogP contribution < -0.4 is 14.8 Å². The molecule has 2 rings (SSSR count). The van der Waals surface area contributed by atoms with E-state index in [2.05, 4.69) is 10.4 Å². The van der Waals surface area contributed by atoms with Crippen molar-refractivity contribution in [2.75, 3.05) is 19.5 Å². The van der Waals surface area contributed by atoms with Crippen LogP contribution in [-0.2, 0) is 11.3 Å². The van der Waals surface area contributed by atoms with Crippen molar-refractivity contribution >= 4 is 11.6 Å². The molecule has 0 saturated carbocycles. The van der Waals surface area contributed by atoms with Crippen molar-refractivity contribution in [2.24, 2.45) is 0 Å². The number of carbonyl (C=O) groups excluding carboxylic acids is 1. The summed E-state index contributed by atoms with van der Waals surface area (Å²) >= 11 is 0. The highest BCUT2D eigenvalue weighted by molar-refractivity contribution is 5.92. The van der Waals surface area contributed by atoms with Crippen molar-refractivity contribution in [3.63, 3.8) is 0 Å². The Kier molecular flexibility index (Phi) is 5.04. The number of nitrogens with one attached hydrogen (secondary N) is 1. The summed E-state index contributed by atoms with van der Waals surface area (Å²) in [5, 5.41) is 7.19. The Morgan fingerprint density at radius 2 is 2.00 bits per heavy atom. The molecule has 0 bridgehead atoms. The molecule has 0 atom stereocenters. The number of ether oxygens (including phenoxy) is 2. The molecule has 6 nitrogen and oxygen atoms in total. The highest BCUT2D eigenvalue weighted by Crippen LogP contribution is 2.29. The SMILES string of the molecule is COc1ccc(NC(=O)CCn2nc(C)cc2C)c(OC)c1. The lowest BCUT2D eigenvalue weighted by Crippen LogP contribution is -2.16. The topological polar surface area (TPSA) is 65.4 Å². The molecule has 0 fully saturated rings. The first-order valence-electron chi connectivity index (χ1n) is 7.06. The summed E-state index contributed by atoms with van der Waals surface area (Å²) in [5.41, 5.74) is 2.63. The van der Waals surface area contributed by atoms with Crippen molar-refractivity contribution in [3.05, 3.63) is 35.7 Å². The number of rotatable bonds is 6. The van der Waals surface area contributed by atoms with Crippen molar-refractivity contribution in [1.29, 1.82) is 0 Å². The van der Waals surface area contributed by atoms with E-state index in [1.165, 1.54) is 0 Å². The Bertz CT molecular complexity index is 665. The maximum absolute atomic E-state index is 12.1. The highest BCUT2D eigenvalue weighted by Gasteiger charge is 2.10. The van der Waals surface area contributed by atoms with Gasteiger partial charge in [0, 0.05) is 24.7 Å². The molecule has 0 aliphatic rings. The molecule has 0 aliphatic heterocycles. The van der Waals surface area contributed by atoms with E-state index in [0.717, 1.165) is 11.4 Å². The number of hydrogen-bond acceptors (Lipinski definition) is 4. The van der Waals surface area contributed by atoms with E-state index < -0.39 is 0 Å². The standard InChI is InChI=1S/C16H21N3O3/c1-11-9-12(2)19(18-11)8-7-16(20)17-14-6-5-13(21-3)10-15(14)22-4/h5-6,9-10H,7-8H2,1-4H3,(H,17,20). The molecule has 1 amide bonds. The minimum atomic E-state index is -0.0870. The Balaban J connectivity index is 1.98. The molecule has 1 aromatic carbocycles. The zero-order valence-corrected chi connectivity index (χ0v) is 13.3. The second-order valence-corrected chi connectivity index (χ2v) is 5.01. The van der Waals surface area contributed by atoms with Gasteiger partial charge in [-0.2, -0.15) is 5.10 Å². The Hall–Kier alpha value is -2.50. The summed E-state index contributed by atoms with van der Waals surface area (Å²) in [5.74, 6) is 1.16. The van der Waals surface area contributed by atoms with Gasteiger partial charge in [-0.15, -0.1) is 0 Å². The predicted octanol–water partition coefficient (Wildman–Crippen LogP) is 2.55. The smallest absolute Gasteiger partial charge is 0.226 e. The Labute approximate surface area is 130 Å². The number of aryl methyl sites for hydroxylation is 3. The fourth-order valence-electron chi connectivity index (χ4n) is 2.22. The average Bonchev–Trinajstić information content (AvgIpc) is 2.83. The molecule has 1 aromatic heterocycles. The molecule has 2 aromatic rings. The fourth-order valence-corrected chi connectivity index (χ4v) is 2.22. The van der Waals surface area contributed by atoms with Crippen LogP contribution in [0, 0.1) is 13.8 Å². The zero-order chi connectivity index (χ0) is 16.1. The van der Waals surface area contributed by atoms with Gasteiger partial charge in [0.1, 0.15) is 11.5 Å². The number of aromatic nitrogens is 2. The molecule has 0 spiro atoms. The monoisotopic (exact) mass is 303 g/mol. The van der Waals surface area contributed by atoms with Crippen LogP contribution >= 0.6 is 0 Å². The van der Waals surface area contributed by atoms with E-state index >= 15 is 0 Å². The summed E-state index contributed by atoms with van der Waals surface area (Å²) in [4.78, 5) is 12.1. The summed E-state index contributed by atoms with van der Waals surface area (Å²) in [7, 11) is 3.14. The number of hydrogen-bond donors (Lipinski definition) is 1. The van der Waals surface area contributed by atoms with Gasteiger partial charge in [0.15, 0.2) is 0 Å². The highest BCUT2D eigenvalue weighted by atomic mass is 16.5. The van der Waals surface area contributed by atoms with E-state index in [1.54, 1.807) is 32.4 Å². The van der Waals surface area contributed by atoms with E-state index in [-0.39, 0.29) is 5.91 Å². The van der Waals surface area contributed by atoms with Crippen molar-refractivity contribution in [2.45, 2.75) is 26.8 Å². The first-order valence-corrected chi connectivity index (χ1v) is 7.06. The van der Waals surface area contributed by atoms with Gasteiger partial charge in [0.25, 0.3) is 0 Å². The van der Waals surface area contributed by atoms with Crippen LogP contribution in [0.25, 0.3) is 0 Å². The van der Waals surface area contributed by atoms with Crippen molar-refractivity contribution in [1.82, 2.24) is 9.78 Å². The van der Waals surface area contributed by atoms with Crippen LogP contribution in [0.3, 0.4) is 0 Å². The Morgan fingerprint density at radius 1 is 1.23 bits per heavy atom. The van der Waals surface area contributed by atoms with Gasteiger partial charge < -0.3 is 14.8 Å². The van der Waals surface area contributed by atoms with Crippen LogP contribution in [0.1, 0.15) is 17.8 Å². The number of nitrogens with zero attached hydrogens (tertiary/aromatic N) is 2. The molecule has 22 heavy (non-hydrogen) atoms. The summed E-state index contributed by atoms with van der Waals surface area (Å²) in [6.07, 6.45) is 0.344. The number of benzene rings is 1. The normalized spacial score (nSPS) is 10.4. The van der Waals surface area contributed by atoms with E-state index in [4.69, 9.17) is 9.47 Å². The quantitative estimate of drug-likeness (QED) is 0.890. The minimum Gasteiger partial charge on any atom is -0.497 e. The lowest BCUT2D eigenvalue weighted by molar-refractivity contribution is -0.116. The largest absolute Gasteiger partial charge is 0.497 e. The number of anilines is 1. The summed E-state index contributed by atoms with van der Waals surface area (Å²) < 4.78 is 12.2. The minimum absolute atomic E-state index is 0.0870. The van der Waals surface area contributed by atoms with Gasteiger partial charge in [-0.1, -0.05) is 0 Å². The lowest BCUT2D eigenvalue weighted by atomic mass is 10.2. The van der Waals surface area contributed by atoms with E-state index in [1.807, 2.05) is 24.6 Å². The third kappa shape index (κ3) is 3.78. The number of carbonyl (C=O) groups is 1. The van der Waals surface area contributed by atoms with Gasteiger partial charge in [-0.25, -0.2) is 0 Å². The van der Waals surface area contributed by atoms with Crippen LogP contribution in [0.5, 0.6) is 11.5 Å². The maximum Gasteiger partial charge on any atom is 0.226 e. The second kappa shape index (κ2) is 6.98. The Morgan fingerprint density at radius 3 is 2.59 bits per heavy atom. The molecule has 1 heterocycles. The van der Waals surface area contributed by atoms with E-state index in [0.29, 0.717) is 30.2 Å². The first-order chi connectivity index (χ1) is 10.5. The van der Waals surface area contributed by atoms with Crippen LogP contribution in [0.4, 0.5) is 5.69 Å². The van der Waals surface area contributed by atoms with Gasteiger partial charge in [0.05, 0.1) is 25.6 Å². The number of amides is 1. The molecular formula is C16H21N3O3. The van der Waals surface area contributed by atoms with Gasteiger partial charge >= 0.3 is 0 Å². The van der Waals surface area contributed by atoms with Gasteiger partial charge in [-0.3, -0.25) is 9.48 Å². The second-order valence-electron chi connectivity index (χ2n) is 5.01. The summed E-state index contributed by atoms with van der Waals surface area (Å²) in [6.45, 7) is 4.46. The molecular weight excluding hydrogens is 282 g/mol. The van der Waals surface area contributed by atoms with E-state index in [9.17, 15) is 4.79 Å². The lowest BCUT2D eigenvalue weighted by Gasteiger charge is -2.12. The molecule has 0 radical (unpaired) electrons. The van der Waals surface area contributed by atoms with Crippen molar-refractivity contribution in [3.8, 4) is 11.5 Å². The average molecular weight is 303 g/mol. The number of methoxy groups -OCH3 is 2. The maximum atomic E-state index is 12.1. The van der Waals surface area contributed by atoms with Gasteiger partial charge in [0.2, 0.25) is 5.91 Å². The van der Waals surface area contributed by atoms with Crippen LogP contribution in [-0.4, -0.2) is 29.9 Å². The zero-order valence-electron chi connectivity index (χ0n) is 13.3. The van der Waals surface area contributed by atoms with Crippen LogP contribution in [0.2, 0.25) is 0 Å². The molecule has 118 valence electrons. The van der Waals surface area contributed by atoms with Crippen LogP contribution in [0.15, 0.2) is 24.3 Å². The summed E-state index contributed by atoms with van der Waals surface area (Å²) in [6, 6.07) is 7.26. The third-order valence-corrected chi connectivity index (χ3v) is 3.34. The predicted molar refractivity (Wildman–Crippen MR) is 84.5 cm³/mol. The third-order valence-electron chi connectivity index (χ3n) is 3.34. The molecule has 0 aliphatic carbocycles.